The van der Waals surface area contributed by atoms with Crippen molar-refractivity contribution in [3.8, 4) is 5.75 Å². The van der Waals surface area contributed by atoms with Crippen LogP contribution in [-0.2, 0) is 17.6 Å². The normalized spacial score (nSPS) is 12.1. The first-order valence-electron chi connectivity index (χ1n) is 6.75. The third-order valence-corrected chi connectivity index (χ3v) is 3.31. The summed E-state index contributed by atoms with van der Waals surface area (Å²) in [6.07, 6.45) is 1.69. The summed E-state index contributed by atoms with van der Waals surface area (Å²) in [5.41, 5.74) is 8.05. The second-order valence-corrected chi connectivity index (χ2v) is 4.93. The van der Waals surface area contributed by atoms with Crippen LogP contribution in [0, 0.1) is 0 Å². The van der Waals surface area contributed by atoms with E-state index in [1.54, 1.807) is 24.3 Å². The summed E-state index contributed by atoms with van der Waals surface area (Å²) < 4.78 is 0. The Morgan fingerprint density at radius 3 is 2.30 bits per heavy atom. The Morgan fingerprint density at radius 2 is 1.65 bits per heavy atom. The van der Waals surface area contributed by atoms with Crippen molar-refractivity contribution in [2.45, 2.75) is 25.3 Å². The van der Waals surface area contributed by atoms with Crippen LogP contribution >= 0.6 is 0 Å². The summed E-state index contributed by atoms with van der Waals surface area (Å²) in [7, 11) is 0. The molecule has 0 spiro atoms. The van der Waals surface area contributed by atoms with Gasteiger partial charge in [-0.25, -0.2) is 0 Å². The molecular formula is C17H19NO2. The summed E-state index contributed by atoms with van der Waals surface area (Å²) in [6.45, 7) is 0. The third kappa shape index (κ3) is 4.21. The van der Waals surface area contributed by atoms with Crippen LogP contribution in [0.1, 0.15) is 17.5 Å². The number of phenols is 1. The number of rotatable bonds is 6. The minimum atomic E-state index is -0.483. The molecule has 0 fully saturated rings. The van der Waals surface area contributed by atoms with Crippen LogP contribution in [0.2, 0.25) is 0 Å². The molecule has 3 nitrogen and oxygen atoms in total. The van der Waals surface area contributed by atoms with Crippen molar-refractivity contribution in [2.75, 3.05) is 0 Å². The standard InChI is InChI=1S/C17H19NO2/c18-16(12-14-6-9-15(19)10-7-14)17(20)11-8-13-4-2-1-3-5-13/h1-7,9-10,16,19H,8,11-12,18H2. The van der Waals surface area contributed by atoms with Gasteiger partial charge in [0, 0.05) is 6.42 Å². The Morgan fingerprint density at radius 1 is 1.00 bits per heavy atom. The number of phenolic OH excluding ortho intramolecular Hbond substituents is 1. The van der Waals surface area contributed by atoms with E-state index in [1.807, 2.05) is 30.3 Å². The van der Waals surface area contributed by atoms with Gasteiger partial charge in [-0.05, 0) is 36.1 Å². The van der Waals surface area contributed by atoms with E-state index in [-0.39, 0.29) is 11.5 Å². The average molecular weight is 269 g/mol. The maximum Gasteiger partial charge on any atom is 0.150 e. The quantitative estimate of drug-likeness (QED) is 0.846. The molecule has 0 saturated heterocycles. The van der Waals surface area contributed by atoms with Crippen LogP contribution < -0.4 is 5.73 Å². The predicted molar refractivity (Wildman–Crippen MR) is 79.6 cm³/mol. The first-order chi connectivity index (χ1) is 9.65. The molecule has 0 aliphatic rings. The second-order valence-electron chi connectivity index (χ2n) is 4.93. The van der Waals surface area contributed by atoms with Gasteiger partial charge >= 0.3 is 0 Å². The van der Waals surface area contributed by atoms with Crippen LogP contribution in [0.5, 0.6) is 5.75 Å². The van der Waals surface area contributed by atoms with Crippen molar-refractivity contribution in [1.82, 2.24) is 0 Å². The smallest absolute Gasteiger partial charge is 0.150 e. The number of Topliss-reactive ketones (excluding diaryl/α,β-unsaturated/α-hetero) is 1. The maximum atomic E-state index is 12.0. The minimum absolute atomic E-state index is 0.0712. The molecule has 1 atom stereocenters. The molecule has 1 unspecified atom stereocenters. The molecule has 0 saturated carbocycles. The molecule has 2 aromatic rings. The Bertz CT molecular complexity index is 549. The molecule has 2 aromatic carbocycles. The van der Waals surface area contributed by atoms with Crippen molar-refractivity contribution in [1.29, 1.82) is 0 Å². The van der Waals surface area contributed by atoms with Gasteiger partial charge in [0.15, 0.2) is 0 Å². The maximum absolute atomic E-state index is 12.0. The zero-order valence-corrected chi connectivity index (χ0v) is 11.3. The van der Waals surface area contributed by atoms with E-state index in [0.29, 0.717) is 12.8 Å². The van der Waals surface area contributed by atoms with Gasteiger partial charge in [-0.15, -0.1) is 0 Å². The zero-order valence-electron chi connectivity index (χ0n) is 11.3. The fourth-order valence-electron chi connectivity index (χ4n) is 2.10. The molecule has 20 heavy (non-hydrogen) atoms. The fourth-order valence-corrected chi connectivity index (χ4v) is 2.10. The highest BCUT2D eigenvalue weighted by Crippen LogP contribution is 2.12. The molecule has 0 aliphatic heterocycles. The van der Waals surface area contributed by atoms with Gasteiger partial charge in [0.25, 0.3) is 0 Å². The van der Waals surface area contributed by atoms with Crippen molar-refractivity contribution in [2.24, 2.45) is 5.73 Å². The molecular weight excluding hydrogens is 250 g/mol. The second kappa shape index (κ2) is 6.87. The first kappa shape index (κ1) is 14.3. The highest BCUT2D eigenvalue weighted by molar-refractivity contribution is 5.84. The zero-order chi connectivity index (χ0) is 14.4. The molecule has 104 valence electrons. The summed E-state index contributed by atoms with van der Waals surface area (Å²) in [5.74, 6) is 0.291. The molecule has 0 aromatic heterocycles. The number of carbonyl (C=O) groups is 1. The number of nitrogens with two attached hydrogens (primary N) is 1. The van der Waals surface area contributed by atoms with Crippen LogP contribution in [0.4, 0.5) is 0 Å². The minimum Gasteiger partial charge on any atom is -0.508 e. The number of hydrogen-bond acceptors (Lipinski definition) is 3. The Balaban J connectivity index is 1.84. The van der Waals surface area contributed by atoms with Crippen LogP contribution in [-0.4, -0.2) is 16.9 Å². The number of aryl methyl sites for hydroxylation is 1. The van der Waals surface area contributed by atoms with Crippen molar-refractivity contribution < 1.29 is 9.90 Å². The number of aromatic hydroxyl groups is 1. The Labute approximate surface area is 119 Å². The van der Waals surface area contributed by atoms with Gasteiger partial charge in [-0.3, -0.25) is 4.79 Å². The van der Waals surface area contributed by atoms with Crippen molar-refractivity contribution in [3.63, 3.8) is 0 Å². The van der Waals surface area contributed by atoms with E-state index in [4.69, 9.17) is 5.73 Å². The summed E-state index contributed by atoms with van der Waals surface area (Å²) in [4.78, 5) is 12.0. The van der Waals surface area contributed by atoms with Crippen LogP contribution in [0.25, 0.3) is 0 Å². The van der Waals surface area contributed by atoms with E-state index in [9.17, 15) is 9.90 Å². The lowest BCUT2D eigenvalue weighted by Gasteiger charge is -2.11. The van der Waals surface area contributed by atoms with Crippen LogP contribution in [0.3, 0.4) is 0 Å². The van der Waals surface area contributed by atoms with Gasteiger partial charge in [-0.2, -0.15) is 0 Å². The summed E-state index contributed by atoms with van der Waals surface area (Å²) in [6, 6.07) is 16.2. The molecule has 0 amide bonds. The van der Waals surface area contributed by atoms with E-state index in [1.165, 1.54) is 0 Å². The molecule has 3 N–H and O–H groups in total. The monoisotopic (exact) mass is 269 g/mol. The van der Waals surface area contributed by atoms with E-state index >= 15 is 0 Å². The molecule has 3 heteroatoms. The van der Waals surface area contributed by atoms with Gasteiger partial charge in [-0.1, -0.05) is 42.5 Å². The van der Waals surface area contributed by atoms with Crippen molar-refractivity contribution in [3.05, 3.63) is 65.7 Å². The number of ketones is 1. The van der Waals surface area contributed by atoms with E-state index in [2.05, 4.69) is 0 Å². The lowest BCUT2D eigenvalue weighted by atomic mass is 9.98. The van der Waals surface area contributed by atoms with Gasteiger partial charge < -0.3 is 10.8 Å². The Kier molecular flexibility index (Phi) is 4.91. The highest BCUT2D eigenvalue weighted by atomic mass is 16.3. The lowest BCUT2D eigenvalue weighted by molar-refractivity contribution is -0.120. The van der Waals surface area contributed by atoms with E-state index < -0.39 is 6.04 Å². The van der Waals surface area contributed by atoms with Gasteiger partial charge in [0.2, 0.25) is 0 Å². The number of carbonyl (C=O) groups excluding carboxylic acids is 1. The van der Waals surface area contributed by atoms with Gasteiger partial charge in [0.1, 0.15) is 11.5 Å². The van der Waals surface area contributed by atoms with Gasteiger partial charge in [0.05, 0.1) is 6.04 Å². The average Bonchev–Trinajstić information content (AvgIpc) is 2.48. The summed E-state index contributed by atoms with van der Waals surface area (Å²) >= 11 is 0. The number of hydrogen-bond donors (Lipinski definition) is 2. The SMILES string of the molecule is NC(Cc1ccc(O)cc1)C(=O)CCc1ccccc1. The first-order valence-corrected chi connectivity index (χ1v) is 6.75. The van der Waals surface area contributed by atoms with Crippen molar-refractivity contribution >= 4 is 5.78 Å². The lowest BCUT2D eigenvalue weighted by Crippen LogP contribution is -2.32. The highest BCUT2D eigenvalue weighted by Gasteiger charge is 2.13. The Hall–Kier alpha value is -2.13. The molecule has 2 rings (SSSR count). The number of benzene rings is 2. The third-order valence-electron chi connectivity index (χ3n) is 3.31. The fraction of sp³-hybridized carbons (Fsp3) is 0.235. The predicted octanol–water partition coefficient (Wildman–Crippen LogP) is 2.46. The molecule has 0 aliphatic carbocycles. The largest absolute Gasteiger partial charge is 0.508 e. The van der Waals surface area contributed by atoms with Crippen LogP contribution in [0.15, 0.2) is 54.6 Å². The molecule has 0 heterocycles. The molecule has 0 radical (unpaired) electrons. The summed E-state index contributed by atoms with van der Waals surface area (Å²) in [5, 5.41) is 9.21. The molecule has 0 bridgehead atoms. The van der Waals surface area contributed by atoms with E-state index in [0.717, 1.165) is 17.5 Å². The topological polar surface area (TPSA) is 63.3 Å².